The van der Waals surface area contributed by atoms with Crippen LogP contribution in [0.4, 0.5) is 0 Å². The van der Waals surface area contributed by atoms with E-state index >= 15 is 0 Å². The molecule has 4 rings (SSSR count). The van der Waals surface area contributed by atoms with E-state index in [0.717, 1.165) is 22.0 Å². The standard InChI is InChI=1S/C19H15ClN2O2/c1-11-8-15-12(10-21-17(15)16(20)9-11)6-7-22-18(23)13-4-2-3-5-14(13)19(22)24/h2-5,8-10,21H,6-7H2,1H3. The molecule has 2 aromatic carbocycles. The highest BCUT2D eigenvalue weighted by Crippen LogP contribution is 2.28. The first kappa shape index (κ1) is 15.0. The van der Waals surface area contributed by atoms with Crippen molar-refractivity contribution in [3.63, 3.8) is 0 Å². The first-order valence-corrected chi connectivity index (χ1v) is 8.15. The van der Waals surface area contributed by atoms with Crippen molar-refractivity contribution in [3.8, 4) is 0 Å². The first-order chi connectivity index (χ1) is 11.6. The maximum Gasteiger partial charge on any atom is 0.261 e. The van der Waals surface area contributed by atoms with Crippen molar-refractivity contribution < 1.29 is 9.59 Å². The Morgan fingerprint density at radius 1 is 1.08 bits per heavy atom. The molecule has 2 heterocycles. The van der Waals surface area contributed by atoms with Gasteiger partial charge in [0, 0.05) is 18.1 Å². The van der Waals surface area contributed by atoms with Crippen molar-refractivity contribution in [2.24, 2.45) is 0 Å². The summed E-state index contributed by atoms with van der Waals surface area (Å²) in [5.41, 5.74) is 3.99. The fraction of sp³-hybridized carbons (Fsp3) is 0.158. The zero-order chi connectivity index (χ0) is 16.8. The van der Waals surface area contributed by atoms with E-state index in [0.29, 0.717) is 29.1 Å². The molecule has 120 valence electrons. The van der Waals surface area contributed by atoms with E-state index in [2.05, 4.69) is 11.1 Å². The average Bonchev–Trinajstić information content (AvgIpc) is 3.07. The molecule has 1 aliphatic rings. The number of aromatic nitrogens is 1. The van der Waals surface area contributed by atoms with E-state index in [4.69, 9.17) is 11.6 Å². The van der Waals surface area contributed by atoms with Crippen molar-refractivity contribution in [1.82, 2.24) is 9.88 Å². The molecule has 5 heteroatoms. The highest BCUT2D eigenvalue weighted by Gasteiger charge is 2.34. The summed E-state index contributed by atoms with van der Waals surface area (Å²) >= 11 is 6.26. The number of nitrogens with zero attached hydrogens (tertiary/aromatic N) is 1. The molecular formula is C19H15ClN2O2. The third-order valence-corrected chi connectivity index (χ3v) is 4.75. The molecule has 0 radical (unpaired) electrons. The number of amides is 2. The van der Waals surface area contributed by atoms with Crippen molar-refractivity contribution in [3.05, 3.63) is 69.9 Å². The largest absolute Gasteiger partial charge is 0.360 e. The molecule has 0 aliphatic carbocycles. The lowest BCUT2D eigenvalue weighted by molar-refractivity contribution is 0.0656. The van der Waals surface area contributed by atoms with E-state index < -0.39 is 0 Å². The molecule has 24 heavy (non-hydrogen) atoms. The number of halogens is 1. The lowest BCUT2D eigenvalue weighted by atomic mass is 10.1. The van der Waals surface area contributed by atoms with E-state index in [1.807, 2.05) is 19.2 Å². The zero-order valence-corrected chi connectivity index (χ0v) is 13.9. The molecule has 1 aromatic heterocycles. The zero-order valence-electron chi connectivity index (χ0n) is 13.1. The summed E-state index contributed by atoms with van der Waals surface area (Å²) in [7, 11) is 0. The molecule has 4 nitrogen and oxygen atoms in total. The summed E-state index contributed by atoms with van der Waals surface area (Å²) in [4.78, 5) is 29.3. The third-order valence-electron chi connectivity index (χ3n) is 4.45. The molecule has 0 saturated carbocycles. The van der Waals surface area contributed by atoms with Crippen LogP contribution in [-0.2, 0) is 6.42 Å². The Kier molecular flexibility index (Phi) is 3.43. The van der Waals surface area contributed by atoms with Crippen LogP contribution in [0.15, 0.2) is 42.6 Å². The molecule has 0 atom stereocenters. The van der Waals surface area contributed by atoms with Gasteiger partial charge < -0.3 is 4.98 Å². The van der Waals surface area contributed by atoms with Crippen LogP contribution in [0.3, 0.4) is 0 Å². The molecule has 0 fully saturated rings. The number of benzene rings is 2. The summed E-state index contributed by atoms with van der Waals surface area (Å²) in [6.07, 6.45) is 2.49. The monoisotopic (exact) mass is 338 g/mol. The number of hydrogen-bond acceptors (Lipinski definition) is 2. The number of aromatic amines is 1. The molecule has 3 aromatic rings. The van der Waals surface area contributed by atoms with Gasteiger partial charge in [-0.25, -0.2) is 0 Å². The van der Waals surface area contributed by atoms with Gasteiger partial charge in [0.15, 0.2) is 0 Å². The van der Waals surface area contributed by atoms with E-state index in [9.17, 15) is 9.59 Å². The molecule has 1 N–H and O–H groups in total. The van der Waals surface area contributed by atoms with Gasteiger partial charge in [0.25, 0.3) is 11.8 Å². The van der Waals surface area contributed by atoms with Crippen LogP contribution in [0, 0.1) is 6.92 Å². The smallest absolute Gasteiger partial charge is 0.261 e. The fourth-order valence-corrected chi connectivity index (χ4v) is 3.59. The summed E-state index contributed by atoms with van der Waals surface area (Å²) < 4.78 is 0. The van der Waals surface area contributed by atoms with Crippen molar-refractivity contribution in [1.29, 1.82) is 0 Å². The predicted molar refractivity (Wildman–Crippen MR) is 93.6 cm³/mol. The summed E-state index contributed by atoms with van der Waals surface area (Å²) in [6.45, 7) is 2.34. The van der Waals surface area contributed by atoms with Gasteiger partial charge in [-0.3, -0.25) is 14.5 Å². The van der Waals surface area contributed by atoms with Gasteiger partial charge in [-0.15, -0.1) is 0 Å². The minimum Gasteiger partial charge on any atom is -0.360 e. The van der Waals surface area contributed by atoms with Gasteiger partial charge in [0.05, 0.1) is 21.7 Å². The number of H-pyrrole nitrogens is 1. The maximum atomic E-state index is 12.4. The van der Waals surface area contributed by atoms with Gasteiger partial charge in [-0.05, 0) is 48.7 Å². The Hall–Kier alpha value is -2.59. The highest BCUT2D eigenvalue weighted by molar-refractivity contribution is 6.35. The van der Waals surface area contributed by atoms with Crippen molar-refractivity contribution in [2.45, 2.75) is 13.3 Å². The Bertz CT molecular complexity index is 955. The van der Waals surface area contributed by atoms with Crippen molar-refractivity contribution in [2.75, 3.05) is 6.54 Å². The Balaban J connectivity index is 1.61. The normalized spacial score (nSPS) is 13.8. The highest BCUT2D eigenvalue weighted by atomic mass is 35.5. The van der Waals surface area contributed by atoms with E-state index in [1.165, 1.54) is 4.90 Å². The van der Waals surface area contributed by atoms with Gasteiger partial charge in [0.1, 0.15) is 0 Å². The second-order valence-corrected chi connectivity index (χ2v) is 6.45. The number of fused-ring (bicyclic) bond motifs is 2. The number of rotatable bonds is 3. The van der Waals surface area contributed by atoms with Crippen LogP contribution < -0.4 is 0 Å². The minimum absolute atomic E-state index is 0.218. The predicted octanol–water partition coefficient (Wildman–Crippen LogP) is 3.97. The third kappa shape index (κ3) is 2.22. The molecule has 2 amide bonds. The second-order valence-electron chi connectivity index (χ2n) is 6.04. The Morgan fingerprint density at radius 3 is 2.42 bits per heavy atom. The number of aryl methyl sites for hydroxylation is 1. The number of imide groups is 1. The number of nitrogens with one attached hydrogen (secondary N) is 1. The van der Waals surface area contributed by atoms with Gasteiger partial charge in [0.2, 0.25) is 0 Å². The van der Waals surface area contributed by atoms with E-state index in [-0.39, 0.29) is 11.8 Å². The molecular weight excluding hydrogens is 324 g/mol. The van der Waals surface area contributed by atoms with Crippen LogP contribution in [0.5, 0.6) is 0 Å². The SMILES string of the molecule is Cc1cc(Cl)c2[nH]cc(CCN3C(=O)c4ccccc4C3=O)c2c1. The molecule has 0 unspecified atom stereocenters. The summed E-state index contributed by atoms with van der Waals surface area (Å²) in [6, 6.07) is 10.9. The number of carbonyl (C=O) groups is 2. The lowest BCUT2D eigenvalue weighted by Gasteiger charge is -2.13. The summed E-state index contributed by atoms with van der Waals surface area (Å²) in [5.74, 6) is -0.436. The lowest BCUT2D eigenvalue weighted by Crippen LogP contribution is -2.31. The maximum absolute atomic E-state index is 12.4. The fourth-order valence-electron chi connectivity index (χ4n) is 3.26. The summed E-state index contributed by atoms with van der Waals surface area (Å²) in [5, 5.41) is 1.72. The van der Waals surface area contributed by atoms with Crippen LogP contribution in [-0.4, -0.2) is 28.2 Å². The topological polar surface area (TPSA) is 53.2 Å². The van der Waals surface area contributed by atoms with Gasteiger partial charge in [-0.1, -0.05) is 23.7 Å². The minimum atomic E-state index is -0.218. The first-order valence-electron chi connectivity index (χ1n) is 7.77. The van der Waals surface area contributed by atoms with Crippen molar-refractivity contribution >= 4 is 34.3 Å². The van der Waals surface area contributed by atoms with Crippen LogP contribution >= 0.6 is 11.6 Å². The molecule has 0 spiro atoms. The van der Waals surface area contributed by atoms with Gasteiger partial charge in [-0.2, -0.15) is 0 Å². The van der Waals surface area contributed by atoms with Crippen LogP contribution in [0.25, 0.3) is 10.9 Å². The average molecular weight is 339 g/mol. The number of hydrogen-bond donors (Lipinski definition) is 1. The van der Waals surface area contributed by atoms with E-state index in [1.54, 1.807) is 24.3 Å². The quantitative estimate of drug-likeness (QED) is 0.735. The van der Waals surface area contributed by atoms with Crippen LogP contribution in [0.1, 0.15) is 31.8 Å². The Labute approximate surface area is 144 Å². The van der Waals surface area contributed by atoms with Gasteiger partial charge >= 0.3 is 0 Å². The second kappa shape index (κ2) is 5.49. The number of carbonyl (C=O) groups excluding carboxylic acids is 2. The Morgan fingerprint density at radius 2 is 1.75 bits per heavy atom. The molecule has 1 aliphatic heterocycles. The molecule has 0 saturated heterocycles. The van der Waals surface area contributed by atoms with Crippen LogP contribution in [0.2, 0.25) is 5.02 Å². The molecule has 0 bridgehead atoms.